The van der Waals surface area contributed by atoms with Crippen molar-refractivity contribution in [3.63, 3.8) is 0 Å². The third-order valence-electron chi connectivity index (χ3n) is 3.29. The molecule has 26 heavy (non-hydrogen) atoms. The van der Waals surface area contributed by atoms with Gasteiger partial charge in [0.1, 0.15) is 5.69 Å². The van der Waals surface area contributed by atoms with E-state index in [2.05, 4.69) is 9.97 Å². The lowest BCUT2D eigenvalue weighted by Crippen LogP contribution is -2.30. The topological polar surface area (TPSA) is 97.2 Å². The van der Waals surface area contributed by atoms with Crippen molar-refractivity contribution in [1.29, 1.82) is 0 Å². The minimum Gasteiger partial charge on any atom is -0.379 e. The molecule has 3 aromatic heterocycles. The van der Waals surface area contributed by atoms with Crippen LogP contribution in [0.3, 0.4) is 0 Å². The van der Waals surface area contributed by atoms with Crippen molar-refractivity contribution in [3.05, 3.63) is 30.6 Å². The van der Waals surface area contributed by atoms with Crippen LogP contribution in [0.5, 0.6) is 0 Å². The molecule has 0 aliphatic carbocycles. The van der Waals surface area contributed by atoms with Gasteiger partial charge in [0.2, 0.25) is 6.20 Å². The van der Waals surface area contributed by atoms with Crippen LogP contribution in [0, 0.1) is 0 Å². The first-order chi connectivity index (χ1) is 12.1. The Morgan fingerprint density at radius 1 is 1.38 bits per heavy atom. The molecule has 0 saturated heterocycles. The maximum absolute atomic E-state index is 12.5. The first-order valence-corrected chi connectivity index (χ1v) is 9.57. The van der Waals surface area contributed by atoms with Crippen LogP contribution >= 0.6 is 11.8 Å². The molecule has 3 heterocycles. The molecule has 0 aliphatic rings. The zero-order valence-corrected chi connectivity index (χ0v) is 14.7. The van der Waals surface area contributed by atoms with E-state index in [1.165, 1.54) is 25.3 Å². The second-order valence-corrected chi connectivity index (χ2v) is 8.42. The molecule has 0 aliphatic heterocycles. The number of oxazole rings is 1. The van der Waals surface area contributed by atoms with Gasteiger partial charge in [-0.15, -0.1) is 0 Å². The molecule has 0 amide bonds. The maximum Gasteiger partial charge on any atom is 0.449 e. The number of halogens is 3. The normalized spacial score (nSPS) is 12.6. The standard InChI is InChI=1S/C14H11F3N3O4S2/c1-2-26(22,23)10-4-3-5-18-11(10)12-19-9-6-8(25-14(15,16)17)7-20(21)13(9)24-12/h3-7,21H,2H2,1H3/q+1. The zero-order valence-electron chi connectivity index (χ0n) is 13.1. The van der Waals surface area contributed by atoms with Crippen molar-refractivity contribution < 1.29 is 35.9 Å². The summed E-state index contributed by atoms with van der Waals surface area (Å²) in [7, 11) is -3.64. The summed E-state index contributed by atoms with van der Waals surface area (Å²) >= 11 is -0.428. The van der Waals surface area contributed by atoms with Gasteiger partial charge in [-0.1, -0.05) is 6.92 Å². The Bertz CT molecular complexity index is 1080. The molecule has 3 rings (SSSR count). The highest BCUT2D eigenvalue weighted by Crippen LogP contribution is 2.37. The highest BCUT2D eigenvalue weighted by Gasteiger charge is 2.32. The third kappa shape index (κ3) is 3.60. The largest absolute Gasteiger partial charge is 0.449 e. The van der Waals surface area contributed by atoms with E-state index >= 15 is 0 Å². The van der Waals surface area contributed by atoms with Gasteiger partial charge in [-0.05, 0) is 30.0 Å². The molecule has 0 atom stereocenters. The fourth-order valence-corrected chi connectivity index (χ4v) is 3.80. The van der Waals surface area contributed by atoms with Crippen LogP contribution in [-0.4, -0.2) is 34.9 Å². The lowest BCUT2D eigenvalue weighted by atomic mass is 10.3. The van der Waals surface area contributed by atoms with Crippen LogP contribution in [0.2, 0.25) is 0 Å². The van der Waals surface area contributed by atoms with Crippen molar-refractivity contribution >= 4 is 32.8 Å². The summed E-state index contributed by atoms with van der Waals surface area (Å²) in [5.41, 5.74) is -4.95. The van der Waals surface area contributed by atoms with E-state index in [4.69, 9.17) is 4.42 Å². The van der Waals surface area contributed by atoms with E-state index in [1.807, 2.05) is 0 Å². The summed E-state index contributed by atoms with van der Waals surface area (Å²) in [5, 5.41) is 9.85. The smallest absolute Gasteiger partial charge is 0.379 e. The van der Waals surface area contributed by atoms with Crippen molar-refractivity contribution in [3.8, 4) is 11.6 Å². The number of aromatic nitrogens is 3. The fraction of sp³-hybridized carbons (Fsp3) is 0.214. The second kappa shape index (κ2) is 6.43. The Morgan fingerprint density at radius 2 is 2.12 bits per heavy atom. The van der Waals surface area contributed by atoms with Gasteiger partial charge in [-0.3, -0.25) is 5.21 Å². The molecule has 0 unspecified atom stereocenters. The molecule has 3 aromatic rings. The number of sulfone groups is 1. The summed E-state index contributed by atoms with van der Waals surface area (Å²) in [5.74, 6) is -0.414. The molecular weight excluding hydrogens is 395 g/mol. The van der Waals surface area contributed by atoms with Gasteiger partial charge in [-0.2, -0.15) is 13.2 Å². The molecule has 7 nitrogen and oxygen atoms in total. The molecule has 0 bridgehead atoms. The number of fused-ring (bicyclic) bond motifs is 1. The fourth-order valence-electron chi connectivity index (χ4n) is 2.18. The van der Waals surface area contributed by atoms with Crippen molar-refractivity contribution in [2.45, 2.75) is 22.2 Å². The summed E-state index contributed by atoms with van der Waals surface area (Å²) in [4.78, 5) is 7.51. The molecule has 12 heteroatoms. The van der Waals surface area contributed by atoms with E-state index in [1.54, 1.807) is 0 Å². The monoisotopic (exact) mass is 406 g/mol. The molecular formula is C14H11F3N3O4S2+. The Hall–Kier alpha value is -2.34. The molecule has 0 spiro atoms. The van der Waals surface area contributed by atoms with Crippen LogP contribution in [0.4, 0.5) is 13.2 Å². The Balaban J connectivity index is 2.16. The lowest BCUT2D eigenvalue weighted by molar-refractivity contribution is -0.889. The van der Waals surface area contributed by atoms with Crippen LogP contribution in [0.15, 0.2) is 44.8 Å². The number of nitrogens with zero attached hydrogens (tertiary/aromatic N) is 3. The minimum atomic E-state index is -4.55. The van der Waals surface area contributed by atoms with Crippen LogP contribution < -0.4 is 4.73 Å². The first-order valence-electron chi connectivity index (χ1n) is 7.10. The van der Waals surface area contributed by atoms with E-state index < -0.39 is 27.1 Å². The molecule has 0 saturated carbocycles. The molecule has 0 fully saturated rings. The van der Waals surface area contributed by atoms with Crippen LogP contribution in [0.1, 0.15) is 6.92 Å². The summed E-state index contributed by atoms with van der Waals surface area (Å²) < 4.78 is 67.6. The summed E-state index contributed by atoms with van der Waals surface area (Å²) in [6, 6.07) is 3.83. The number of thioether (sulfide) groups is 1. The van der Waals surface area contributed by atoms with Gasteiger partial charge in [0, 0.05) is 10.9 Å². The summed E-state index contributed by atoms with van der Waals surface area (Å²) in [6.07, 6.45) is 2.15. The molecule has 0 aromatic carbocycles. The maximum atomic E-state index is 12.5. The molecule has 1 N–H and O–H groups in total. The third-order valence-corrected chi connectivity index (χ3v) is 5.74. The van der Waals surface area contributed by atoms with Gasteiger partial charge in [-0.25, -0.2) is 18.4 Å². The Morgan fingerprint density at radius 3 is 2.77 bits per heavy atom. The number of hydrogen-bond acceptors (Lipinski definition) is 7. The van der Waals surface area contributed by atoms with Crippen LogP contribution in [-0.2, 0) is 9.84 Å². The van der Waals surface area contributed by atoms with Crippen molar-refractivity contribution in [1.82, 2.24) is 9.97 Å². The number of rotatable bonds is 4. The SMILES string of the molecule is CCS(=O)(=O)c1cccnc1-c1nc2cc(SC(F)(F)F)c[n+](O)c2o1. The Labute approximate surface area is 149 Å². The summed E-state index contributed by atoms with van der Waals surface area (Å²) in [6.45, 7) is 1.46. The van der Waals surface area contributed by atoms with E-state index in [9.17, 15) is 26.8 Å². The number of pyridine rings is 2. The minimum absolute atomic E-state index is 0.0813. The number of alkyl halides is 3. The van der Waals surface area contributed by atoms with Gasteiger partial charge in [0.05, 0.1) is 15.5 Å². The Kier molecular flexibility index (Phi) is 4.56. The first kappa shape index (κ1) is 18.5. The predicted molar refractivity (Wildman–Crippen MR) is 84.3 cm³/mol. The average molecular weight is 406 g/mol. The van der Waals surface area contributed by atoms with E-state index in [0.29, 0.717) is 4.73 Å². The highest BCUT2D eigenvalue weighted by atomic mass is 32.2. The molecule has 0 radical (unpaired) electrons. The van der Waals surface area contributed by atoms with Gasteiger partial charge in [0.15, 0.2) is 15.4 Å². The van der Waals surface area contributed by atoms with Gasteiger partial charge < -0.3 is 4.42 Å². The lowest BCUT2D eigenvalue weighted by Gasteiger charge is -2.04. The molecule has 138 valence electrons. The average Bonchev–Trinajstić information content (AvgIpc) is 2.98. The van der Waals surface area contributed by atoms with Crippen LogP contribution in [0.25, 0.3) is 22.8 Å². The van der Waals surface area contributed by atoms with Crippen molar-refractivity contribution in [2.75, 3.05) is 5.75 Å². The van der Waals surface area contributed by atoms with Gasteiger partial charge >= 0.3 is 11.2 Å². The zero-order chi connectivity index (χ0) is 19.1. The van der Waals surface area contributed by atoms with E-state index in [0.717, 1.165) is 12.3 Å². The predicted octanol–water partition coefficient (Wildman–Crippen LogP) is 2.82. The quantitative estimate of drug-likeness (QED) is 0.404. The number of hydrogen-bond donors (Lipinski definition) is 1. The van der Waals surface area contributed by atoms with Gasteiger partial charge in [0.25, 0.3) is 5.89 Å². The highest BCUT2D eigenvalue weighted by molar-refractivity contribution is 8.00. The van der Waals surface area contributed by atoms with E-state index in [-0.39, 0.29) is 38.4 Å². The van der Waals surface area contributed by atoms with Crippen molar-refractivity contribution in [2.24, 2.45) is 0 Å². The second-order valence-electron chi connectivity index (χ2n) is 5.03.